The summed E-state index contributed by atoms with van der Waals surface area (Å²) in [7, 11) is 1.71. The van der Waals surface area contributed by atoms with Crippen molar-refractivity contribution in [2.45, 2.75) is 10.6 Å². The highest BCUT2D eigenvalue weighted by Crippen LogP contribution is 2.44. The second kappa shape index (κ2) is 4.07. The van der Waals surface area contributed by atoms with Crippen LogP contribution in [0.4, 0.5) is 0 Å². The predicted molar refractivity (Wildman–Crippen MR) is 79.8 cm³/mol. The average Bonchev–Trinajstić information content (AvgIpc) is 2.85. The molecule has 0 fully saturated rings. The molecule has 2 aromatic carbocycles. The highest BCUT2D eigenvalue weighted by Gasteiger charge is 2.20. The molecule has 0 spiro atoms. The lowest BCUT2D eigenvalue weighted by Gasteiger charge is -2.15. The van der Waals surface area contributed by atoms with E-state index in [4.69, 9.17) is 4.74 Å². The lowest BCUT2D eigenvalue weighted by Crippen LogP contribution is -1.93. The van der Waals surface area contributed by atoms with Gasteiger partial charge in [0.1, 0.15) is 5.75 Å². The van der Waals surface area contributed by atoms with Crippen molar-refractivity contribution in [1.82, 2.24) is 4.98 Å². The van der Waals surface area contributed by atoms with Gasteiger partial charge in [0.25, 0.3) is 0 Å². The fourth-order valence-electron chi connectivity index (χ4n) is 2.68. The normalized spacial score (nSPS) is 13.1. The molecule has 94 valence electrons. The highest BCUT2D eigenvalue weighted by molar-refractivity contribution is 7.98. The molecule has 0 amide bonds. The predicted octanol–water partition coefficient (Wildman–Crippen LogP) is 4.45. The monoisotopic (exact) mass is 267 g/mol. The molecule has 0 aliphatic carbocycles. The number of hydrogen-bond donors (Lipinski definition) is 1. The highest BCUT2D eigenvalue weighted by atomic mass is 32.2. The van der Waals surface area contributed by atoms with Gasteiger partial charge in [0.05, 0.1) is 12.8 Å². The molecule has 0 radical (unpaired) electrons. The molecule has 0 unspecified atom stereocenters. The summed E-state index contributed by atoms with van der Waals surface area (Å²) >= 11 is 1.90. The Labute approximate surface area is 115 Å². The Kier molecular flexibility index (Phi) is 2.35. The van der Waals surface area contributed by atoms with Gasteiger partial charge in [0.2, 0.25) is 0 Å². The minimum absolute atomic E-state index is 0.915. The molecule has 4 rings (SSSR count). The second-order valence-corrected chi connectivity index (χ2v) is 5.69. The number of ether oxygens (including phenoxy) is 1. The molecular weight excluding hydrogens is 254 g/mol. The maximum Gasteiger partial charge on any atom is 0.119 e. The minimum Gasteiger partial charge on any atom is -0.497 e. The first-order valence-corrected chi connectivity index (χ1v) is 7.26. The molecule has 1 aliphatic rings. The fraction of sp³-hybridized carbons (Fsp3) is 0.125. The third kappa shape index (κ3) is 1.58. The van der Waals surface area contributed by atoms with Crippen LogP contribution in [0.3, 0.4) is 0 Å². The van der Waals surface area contributed by atoms with E-state index in [1.165, 1.54) is 32.6 Å². The molecule has 0 atom stereocenters. The Hall–Kier alpha value is -1.87. The molecule has 1 N–H and O–H groups in total. The van der Waals surface area contributed by atoms with E-state index in [1.54, 1.807) is 7.11 Å². The average molecular weight is 267 g/mol. The van der Waals surface area contributed by atoms with E-state index in [-0.39, 0.29) is 0 Å². The Morgan fingerprint density at radius 3 is 2.95 bits per heavy atom. The molecule has 1 aliphatic heterocycles. The van der Waals surface area contributed by atoms with Crippen LogP contribution in [-0.4, -0.2) is 12.1 Å². The van der Waals surface area contributed by atoms with Gasteiger partial charge in [0, 0.05) is 27.1 Å². The zero-order valence-electron chi connectivity index (χ0n) is 10.6. The van der Waals surface area contributed by atoms with Gasteiger partial charge in [0.15, 0.2) is 0 Å². The summed E-state index contributed by atoms with van der Waals surface area (Å²) in [4.78, 5) is 4.91. The minimum atomic E-state index is 0.915. The summed E-state index contributed by atoms with van der Waals surface area (Å²) in [6.45, 7) is 0. The van der Waals surface area contributed by atoms with Gasteiger partial charge in [-0.3, -0.25) is 0 Å². The Morgan fingerprint density at radius 1 is 1.16 bits per heavy atom. The third-order valence-electron chi connectivity index (χ3n) is 3.64. The largest absolute Gasteiger partial charge is 0.497 e. The van der Waals surface area contributed by atoms with E-state index >= 15 is 0 Å². The Morgan fingerprint density at radius 2 is 2.05 bits per heavy atom. The van der Waals surface area contributed by atoms with Crippen LogP contribution in [-0.2, 0) is 5.75 Å². The van der Waals surface area contributed by atoms with Crippen molar-refractivity contribution in [2.75, 3.05) is 7.11 Å². The van der Waals surface area contributed by atoms with Crippen molar-refractivity contribution in [3.05, 3.63) is 48.0 Å². The Balaban J connectivity index is 2.02. The summed E-state index contributed by atoms with van der Waals surface area (Å²) in [5.41, 5.74) is 5.14. The number of rotatable bonds is 1. The van der Waals surface area contributed by atoms with E-state index in [0.717, 1.165) is 11.5 Å². The zero-order chi connectivity index (χ0) is 12.8. The number of nitrogens with one attached hydrogen (secondary N) is 1. The quantitative estimate of drug-likeness (QED) is 0.704. The molecular formula is C16H13NOS. The number of aromatic nitrogens is 1. The van der Waals surface area contributed by atoms with Gasteiger partial charge in [-0.2, -0.15) is 0 Å². The van der Waals surface area contributed by atoms with Gasteiger partial charge in [-0.05, 0) is 29.8 Å². The van der Waals surface area contributed by atoms with E-state index in [1.807, 2.05) is 17.8 Å². The lowest BCUT2D eigenvalue weighted by molar-refractivity contribution is 0.415. The first kappa shape index (κ1) is 11.0. The summed E-state index contributed by atoms with van der Waals surface area (Å²) in [5.74, 6) is 1.93. The van der Waals surface area contributed by atoms with Crippen molar-refractivity contribution in [2.24, 2.45) is 0 Å². The Bertz CT molecular complexity index is 776. The maximum absolute atomic E-state index is 5.33. The van der Waals surface area contributed by atoms with Crippen molar-refractivity contribution in [3.8, 4) is 17.0 Å². The van der Waals surface area contributed by atoms with Gasteiger partial charge in [-0.15, -0.1) is 11.8 Å². The van der Waals surface area contributed by atoms with Crippen molar-refractivity contribution in [1.29, 1.82) is 0 Å². The molecule has 1 aromatic heterocycles. The number of H-pyrrole nitrogens is 1. The van der Waals surface area contributed by atoms with Crippen molar-refractivity contribution < 1.29 is 4.74 Å². The molecule has 3 heteroatoms. The van der Waals surface area contributed by atoms with Crippen LogP contribution in [0, 0.1) is 0 Å². The summed E-state index contributed by atoms with van der Waals surface area (Å²) in [6.07, 6.45) is 0. The van der Waals surface area contributed by atoms with Crippen LogP contribution in [0.15, 0.2) is 47.4 Å². The molecule has 19 heavy (non-hydrogen) atoms. The topological polar surface area (TPSA) is 25.0 Å². The lowest BCUT2D eigenvalue weighted by atomic mass is 10.1. The first-order valence-electron chi connectivity index (χ1n) is 6.27. The summed E-state index contributed by atoms with van der Waals surface area (Å²) in [6, 6.07) is 14.8. The standard InChI is InChI=1S/C16H13NOS/c1-18-10-6-7-14-12(8-10)13-9-19-15-5-3-2-4-11(15)16(13)17-14/h2-8,17H,9H2,1H3. The van der Waals surface area contributed by atoms with Gasteiger partial charge in [-0.25, -0.2) is 0 Å². The van der Waals surface area contributed by atoms with Crippen LogP contribution in [0.1, 0.15) is 5.56 Å². The molecule has 2 nitrogen and oxygen atoms in total. The van der Waals surface area contributed by atoms with Crippen LogP contribution < -0.4 is 4.74 Å². The number of benzene rings is 2. The number of fused-ring (bicyclic) bond motifs is 5. The number of hydrogen-bond acceptors (Lipinski definition) is 2. The number of aromatic amines is 1. The second-order valence-electron chi connectivity index (χ2n) is 4.67. The zero-order valence-corrected chi connectivity index (χ0v) is 11.4. The molecule has 0 saturated carbocycles. The van der Waals surface area contributed by atoms with Crippen LogP contribution in [0.2, 0.25) is 0 Å². The van der Waals surface area contributed by atoms with Crippen molar-refractivity contribution in [3.63, 3.8) is 0 Å². The van der Waals surface area contributed by atoms with E-state index in [2.05, 4.69) is 41.4 Å². The molecule has 2 heterocycles. The van der Waals surface area contributed by atoms with Gasteiger partial charge < -0.3 is 9.72 Å². The molecule has 0 saturated heterocycles. The SMILES string of the molecule is COc1ccc2[nH]c3c(c2c1)CSc1ccccc1-3. The van der Waals surface area contributed by atoms with E-state index < -0.39 is 0 Å². The smallest absolute Gasteiger partial charge is 0.119 e. The summed E-state index contributed by atoms with van der Waals surface area (Å²) in [5, 5.41) is 1.27. The number of thioether (sulfide) groups is 1. The van der Waals surface area contributed by atoms with Gasteiger partial charge >= 0.3 is 0 Å². The third-order valence-corrected chi connectivity index (χ3v) is 4.74. The summed E-state index contributed by atoms with van der Waals surface area (Å²) < 4.78 is 5.33. The van der Waals surface area contributed by atoms with Gasteiger partial charge in [-0.1, -0.05) is 18.2 Å². The molecule has 3 aromatic rings. The maximum atomic E-state index is 5.33. The van der Waals surface area contributed by atoms with Crippen LogP contribution in [0.25, 0.3) is 22.2 Å². The van der Waals surface area contributed by atoms with Crippen molar-refractivity contribution >= 4 is 22.7 Å². The van der Waals surface area contributed by atoms with Crippen LogP contribution >= 0.6 is 11.8 Å². The fourth-order valence-corrected chi connectivity index (χ4v) is 3.78. The molecule has 0 bridgehead atoms. The number of methoxy groups -OCH3 is 1. The van der Waals surface area contributed by atoms with E-state index in [0.29, 0.717) is 0 Å². The van der Waals surface area contributed by atoms with E-state index in [9.17, 15) is 0 Å². The van der Waals surface area contributed by atoms with Crippen LogP contribution in [0.5, 0.6) is 5.75 Å². The first-order chi connectivity index (χ1) is 9.36.